The van der Waals surface area contributed by atoms with E-state index in [-0.39, 0.29) is 0 Å². The minimum absolute atomic E-state index is 0.421. The summed E-state index contributed by atoms with van der Waals surface area (Å²) in [5, 5.41) is 7.69. The number of rotatable bonds is 2. The lowest BCUT2D eigenvalue weighted by molar-refractivity contribution is 0.794. The Hall–Kier alpha value is -2.68. The fourth-order valence-electron chi connectivity index (χ4n) is 2.88. The van der Waals surface area contributed by atoms with E-state index in [0.717, 1.165) is 17.7 Å². The van der Waals surface area contributed by atoms with Crippen LogP contribution in [0.25, 0.3) is 17.3 Å². The van der Waals surface area contributed by atoms with Gasteiger partial charge in [0.15, 0.2) is 0 Å². The average molecular weight is 273 g/mol. The third-order valence-corrected chi connectivity index (χ3v) is 3.98. The van der Waals surface area contributed by atoms with Gasteiger partial charge in [0, 0.05) is 41.6 Å². The van der Waals surface area contributed by atoms with Gasteiger partial charge in [0.05, 0.1) is 5.69 Å². The van der Waals surface area contributed by atoms with Crippen molar-refractivity contribution in [1.82, 2.24) is 15.2 Å². The monoisotopic (exact) mass is 273 g/mol. The number of aromatic nitrogens is 3. The topological polar surface area (TPSA) is 41.6 Å². The predicted octanol–water partition coefficient (Wildman–Crippen LogP) is 3.82. The molecule has 1 aliphatic carbocycles. The largest absolute Gasteiger partial charge is 0.281 e. The third kappa shape index (κ3) is 2.17. The van der Waals surface area contributed by atoms with E-state index < -0.39 is 0 Å². The molecule has 1 unspecified atom stereocenters. The van der Waals surface area contributed by atoms with Gasteiger partial charge in [-0.05, 0) is 17.7 Å². The molecule has 0 amide bonds. The fourth-order valence-corrected chi connectivity index (χ4v) is 2.88. The summed E-state index contributed by atoms with van der Waals surface area (Å²) < 4.78 is 0. The molecule has 3 heteroatoms. The van der Waals surface area contributed by atoms with Crippen molar-refractivity contribution in [1.29, 1.82) is 0 Å². The maximum Gasteiger partial charge on any atom is 0.0996 e. The highest BCUT2D eigenvalue weighted by atomic mass is 15.1. The molecule has 1 aromatic carbocycles. The highest BCUT2D eigenvalue weighted by molar-refractivity contribution is 5.74. The molecule has 0 radical (unpaired) electrons. The number of hydrogen-bond acceptors (Lipinski definition) is 2. The van der Waals surface area contributed by atoms with Crippen LogP contribution in [0.3, 0.4) is 0 Å². The van der Waals surface area contributed by atoms with Gasteiger partial charge in [0.2, 0.25) is 0 Å². The van der Waals surface area contributed by atoms with Crippen LogP contribution < -0.4 is 0 Å². The van der Waals surface area contributed by atoms with Crippen LogP contribution in [0.15, 0.2) is 60.9 Å². The first kappa shape index (κ1) is 12.1. The summed E-state index contributed by atoms with van der Waals surface area (Å²) in [6.07, 6.45) is 9.03. The highest BCUT2D eigenvalue weighted by Crippen LogP contribution is 2.33. The van der Waals surface area contributed by atoms with E-state index in [2.05, 4.69) is 57.7 Å². The number of allylic oxidation sites excluding steroid dienone is 1. The van der Waals surface area contributed by atoms with E-state index in [1.807, 2.05) is 12.1 Å². The van der Waals surface area contributed by atoms with Crippen LogP contribution in [0.5, 0.6) is 0 Å². The Balaban J connectivity index is 1.70. The van der Waals surface area contributed by atoms with Crippen LogP contribution in [0.1, 0.15) is 22.7 Å². The van der Waals surface area contributed by atoms with Crippen LogP contribution in [0, 0.1) is 0 Å². The van der Waals surface area contributed by atoms with E-state index in [9.17, 15) is 0 Å². The Morgan fingerprint density at radius 2 is 1.81 bits per heavy atom. The molecule has 0 bridgehead atoms. The highest BCUT2D eigenvalue weighted by Gasteiger charge is 2.20. The number of hydrogen-bond donors (Lipinski definition) is 1. The Bertz CT molecular complexity index is 773. The van der Waals surface area contributed by atoms with Gasteiger partial charge in [0.1, 0.15) is 0 Å². The maximum atomic E-state index is 4.49. The molecule has 0 spiro atoms. The normalized spacial score (nSPS) is 16.7. The molecular formula is C18H15N3. The molecule has 102 valence electrons. The number of aromatic amines is 1. The van der Waals surface area contributed by atoms with E-state index in [1.54, 1.807) is 12.4 Å². The number of fused-ring (bicyclic) bond motifs is 1. The second kappa shape index (κ2) is 5.02. The second-order valence-corrected chi connectivity index (χ2v) is 5.28. The maximum absolute atomic E-state index is 4.49. The van der Waals surface area contributed by atoms with E-state index >= 15 is 0 Å². The van der Waals surface area contributed by atoms with Gasteiger partial charge in [-0.3, -0.25) is 10.1 Å². The van der Waals surface area contributed by atoms with Crippen molar-refractivity contribution < 1.29 is 0 Å². The number of nitrogens with zero attached hydrogens (tertiary/aromatic N) is 2. The second-order valence-electron chi connectivity index (χ2n) is 5.28. The van der Waals surface area contributed by atoms with Crippen molar-refractivity contribution in [2.24, 2.45) is 0 Å². The van der Waals surface area contributed by atoms with Crippen LogP contribution in [0.2, 0.25) is 0 Å². The molecule has 2 heterocycles. The summed E-state index contributed by atoms with van der Waals surface area (Å²) in [6.45, 7) is 0. The molecular weight excluding hydrogens is 258 g/mol. The molecule has 4 rings (SSSR count). The van der Waals surface area contributed by atoms with Crippen LogP contribution >= 0.6 is 0 Å². The summed E-state index contributed by atoms with van der Waals surface area (Å²) in [6, 6.07) is 14.6. The first-order valence-corrected chi connectivity index (χ1v) is 7.12. The Labute approximate surface area is 123 Å². The zero-order chi connectivity index (χ0) is 14.1. The summed E-state index contributed by atoms with van der Waals surface area (Å²) in [4.78, 5) is 4.06. The summed E-state index contributed by atoms with van der Waals surface area (Å²) in [5.74, 6) is 0.421. The molecule has 0 saturated carbocycles. The minimum Gasteiger partial charge on any atom is -0.281 e. The van der Waals surface area contributed by atoms with Crippen LogP contribution in [-0.2, 0) is 6.42 Å². The lowest BCUT2D eigenvalue weighted by atomic mass is 9.87. The smallest absolute Gasteiger partial charge is 0.0996 e. The first-order chi connectivity index (χ1) is 10.4. The first-order valence-electron chi connectivity index (χ1n) is 7.12. The zero-order valence-electron chi connectivity index (χ0n) is 11.5. The molecule has 0 aliphatic heterocycles. The number of H-pyrrole nitrogens is 1. The standard InChI is InChI=1S/C18H15N3/c1-2-4-13(5-3-1)15-6-7-16-17(12-15)20-21-18(16)14-8-10-19-11-9-14/h1-11,15H,12H2,(H,20,21). The summed E-state index contributed by atoms with van der Waals surface area (Å²) in [7, 11) is 0. The van der Waals surface area contributed by atoms with E-state index in [0.29, 0.717) is 5.92 Å². The zero-order valence-corrected chi connectivity index (χ0v) is 11.5. The Kier molecular flexibility index (Phi) is 2.89. The minimum atomic E-state index is 0.421. The molecule has 2 aromatic heterocycles. The van der Waals surface area contributed by atoms with Crippen molar-refractivity contribution in [2.75, 3.05) is 0 Å². The third-order valence-electron chi connectivity index (χ3n) is 3.98. The Morgan fingerprint density at radius 3 is 2.62 bits per heavy atom. The number of benzene rings is 1. The van der Waals surface area contributed by atoms with Crippen molar-refractivity contribution in [3.63, 3.8) is 0 Å². The summed E-state index contributed by atoms with van der Waals surface area (Å²) >= 11 is 0. The summed E-state index contributed by atoms with van der Waals surface area (Å²) in [5.41, 5.74) is 5.87. The van der Waals surface area contributed by atoms with Crippen molar-refractivity contribution >= 4 is 6.08 Å². The van der Waals surface area contributed by atoms with Crippen molar-refractivity contribution in [3.8, 4) is 11.3 Å². The van der Waals surface area contributed by atoms with Gasteiger partial charge in [-0.2, -0.15) is 5.10 Å². The lowest BCUT2D eigenvalue weighted by Gasteiger charge is -2.17. The molecule has 0 fully saturated rings. The molecule has 1 atom stereocenters. The molecule has 21 heavy (non-hydrogen) atoms. The van der Waals surface area contributed by atoms with Crippen LogP contribution in [0.4, 0.5) is 0 Å². The van der Waals surface area contributed by atoms with Gasteiger partial charge in [-0.1, -0.05) is 42.5 Å². The van der Waals surface area contributed by atoms with Gasteiger partial charge in [0.25, 0.3) is 0 Å². The molecule has 3 nitrogen and oxygen atoms in total. The molecule has 1 N–H and O–H groups in total. The van der Waals surface area contributed by atoms with Crippen LogP contribution in [-0.4, -0.2) is 15.2 Å². The fraction of sp³-hybridized carbons (Fsp3) is 0.111. The average Bonchev–Trinajstić information content (AvgIpc) is 2.99. The molecule has 3 aromatic rings. The van der Waals surface area contributed by atoms with Crippen molar-refractivity contribution in [3.05, 3.63) is 77.8 Å². The van der Waals surface area contributed by atoms with E-state index in [1.165, 1.54) is 16.8 Å². The van der Waals surface area contributed by atoms with E-state index in [4.69, 9.17) is 0 Å². The van der Waals surface area contributed by atoms with Crippen molar-refractivity contribution in [2.45, 2.75) is 12.3 Å². The predicted molar refractivity (Wildman–Crippen MR) is 83.7 cm³/mol. The quantitative estimate of drug-likeness (QED) is 0.771. The molecule has 0 saturated heterocycles. The number of pyridine rings is 1. The Morgan fingerprint density at radius 1 is 1.00 bits per heavy atom. The SMILES string of the molecule is C1=CC(c2ccccc2)Cc2[nH]nc(-c3ccncc3)c21. The molecule has 1 aliphatic rings. The van der Waals surface area contributed by atoms with Gasteiger partial charge < -0.3 is 0 Å². The van der Waals surface area contributed by atoms with Gasteiger partial charge >= 0.3 is 0 Å². The van der Waals surface area contributed by atoms with Gasteiger partial charge in [-0.25, -0.2) is 0 Å². The lowest BCUT2D eigenvalue weighted by Crippen LogP contribution is -2.05. The van der Waals surface area contributed by atoms with Gasteiger partial charge in [-0.15, -0.1) is 0 Å². The number of nitrogens with one attached hydrogen (secondary N) is 1.